The summed E-state index contributed by atoms with van der Waals surface area (Å²) in [5.74, 6) is 1.53. The molecule has 0 radical (unpaired) electrons. The standard InChI is InChI=1S/C20H36N4O2.HI/c1-3-21-19(22-14-20(2)11-5-4-6-17(20)25)23-16-9-12-24(13-10-16)18(26)15-7-8-15;/h15-17,25H,3-14H2,1-2H3,(H2,21,22,23);1H. The van der Waals surface area contributed by atoms with Gasteiger partial charge in [-0.2, -0.15) is 0 Å². The summed E-state index contributed by atoms with van der Waals surface area (Å²) < 4.78 is 0. The average molecular weight is 492 g/mol. The van der Waals surface area contributed by atoms with Crippen LogP contribution in [0.2, 0.25) is 0 Å². The van der Waals surface area contributed by atoms with Crippen LogP contribution in [0.15, 0.2) is 4.99 Å². The van der Waals surface area contributed by atoms with Gasteiger partial charge < -0.3 is 20.6 Å². The lowest BCUT2D eigenvalue weighted by atomic mass is 9.73. The molecule has 3 fully saturated rings. The topological polar surface area (TPSA) is 77.0 Å². The van der Waals surface area contributed by atoms with Crippen molar-refractivity contribution >= 4 is 35.8 Å². The van der Waals surface area contributed by atoms with Gasteiger partial charge in [-0.3, -0.25) is 9.79 Å². The predicted molar refractivity (Wildman–Crippen MR) is 119 cm³/mol. The third kappa shape index (κ3) is 6.21. The van der Waals surface area contributed by atoms with Crippen molar-refractivity contribution in [2.45, 2.75) is 77.4 Å². The number of carbonyl (C=O) groups excluding carboxylic acids is 1. The van der Waals surface area contributed by atoms with Crippen molar-refractivity contribution in [1.82, 2.24) is 15.5 Å². The van der Waals surface area contributed by atoms with Crippen molar-refractivity contribution in [2.24, 2.45) is 16.3 Å². The second kappa shape index (κ2) is 10.3. The maximum atomic E-state index is 12.2. The fourth-order valence-corrected chi connectivity index (χ4v) is 4.17. The molecule has 3 rings (SSSR count). The lowest BCUT2D eigenvalue weighted by molar-refractivity contribution is -0.133. The lowest BCUT2D eigenvalue weighted by Crippen LogP contribution is -2.50. The minimum atomic E-state index is -0.250. The maximum Gasteiger partial charge on any atom is 0.225 e. The monoisotopic (exact) mass is 492 g/mol. The molecule has 1 heterocycles. The highest BCUT2D eigenvalue weighted by Gasteiger charge is 2.36. The summed E-state index contributed by atoms with van der Waals surface area (Å²) in [5, 5.41) is 17.3. The molecule has 7 heteroatoms. The van der Waals surface area contributed by atoms with E-state index in [9.17, 15) is 9.90 Å². The number of halogens is 1. The van der Waals surface area contributed by atoms with Crippen LogP contribution in [-0.2, 0) is 4.79 Å². The first-order chi connectivity index (χ1) is 12.5. The van der Waals surface area contributed by atoms with Gasteiger partial charge >= 0.3 is 0 Å². The largest absolute Gasteiger partial charge is 0.392 e. The van der Waals surface area contributed by atoms with Crippen molar-refractivity contribution < 1.29 is 9.90 Å². The molecule has 156 valence electrons. The number of nitrogens with zero attached hydrogens (tertiary/aromatic N) is 2. The van der Waals surface area contributed by atoms with Crippen LogP contribution in [0.1, 0.15) is 65.2 Å². The summed E-state index contributed by atoms with van der Waals surface area (Å²) in [6.07, 6.45) is 8.10. The molecule has 3 N–H and O–H groups in total. The Morgan fingerprint density at radius 1 is 1.19 bits per heavy atom. The number of hydrogen-bond acceptors (Lipinski definition) is 3. The van der Waals surface area contributed by atoms with Crippen LogP contribution in [0.4, 0.5) is 0 Å². The highest BCUT2D eigenvalue weighted by atomic mass is 127. The molecule has 0 spiro atoms. The second-order valence-corrected chi connectivity index (χ2v) is 8.63. The van der Waals surface area contributed by atoms with Crippen molar-refractivity contribution in [3.05, 3.63) is 0 Å². The number of carbonyl (C=O) groups is 1. The zero-order valence-corrected chi connectivity index (χ0v) is 19.2. The summed E-state index contributed by atoms with van der Waals surface area (Å²) >= 11 is 0. The Labute approximate surface area is 181 Å². The third-order valence-corrected chi connectivity index (χ3v) is 6.30. The van der Waals surface area contributed by atoms with Crippen molar-refractivity contribution in [1.29, 1.82) is 0 Å². The van der Waals surface area contributed by atoms with Crippen LogP contribution in [0.25, 0.3) is 0 Å². The molecule has 0 aromatic heterocycles. The van der Waals surface area contributed by atoms with Gasteiger partial charge in [0.25, 0.3) is 0 Å². The van der Waals surface area contributed by atoms with Gasteiger partial charge in [0.15, 0.2) is 5.96 Å². The van der Waals surface area contributed by atoms with Gasteiger partial charge in [0.2, 0.25) is 5.91 Å². The fraction of sp³-hybridized carbons (Fsp3) is 0.900. The number of rotatable bonds is 5. The number of piperidine rings is 1. The Hall–Kier alpha value is -0.570. The van der Waals surface area contributed by atoms with E-state index in [-0.39, 0.29) is 35.5 Å². The Morgan fingerprint density at radius 3 is 2.48 bits per heavy atom. The second-order valence-electron chi connectivity index (χ2n) is 8.63. The van der Waals surface area contributed by atoms with Crippen molar-refractivity contribution in [2.75, 3.05) is 26.2 Å². The summed E-state index contributed by atoms with van der Waals surface area (Å²) in [4.78, 5) is 19.0. The van der Waals surface area contributed by atoms with E-state index in [0.717, 1.165) is 70.5 Å². The molecule has 0 bridgehead atoms. The van der Waals surface area contributed by atoms with Crippen LogP contribution >= 0.6 is 24.0 Å². The molecule has 1 saturated heterocycles. The molecular formula is C20H37IN4O2. The first-order valence-corrected chi connectivity index (χ1v) is 10.5. The first-order valence-electron chi connectivity index (χ1n) is 10.5. The van der Waals surface area contributed by atoms with E-state index in [2.05, 4.69) is 24.5 Å². The van der Waals surface area contributed by atoms with E-state index >= 15 is 0 Å². The average Bonchev–Trinajstić information content (AvgIpc) is 3.48. The van der Waals surface area contributed by atoms with Gasteiger partial charge in [-0.05, 0) is 45.4 Å². The minimum absolute atomic E-state index is 0. The number of nitrogens with one attached hydrogen (secondary N) is 2. The zero-order chi connectivity index (χ0) is 18.6. The molecule has 27 heavy (non-hydrogen) atoms. The van der Waals surface area contributed by atoms with Crippen LogP contribution in [0, 0.1) is 11.3 Å². The number of hydrogen-bond donors (Lipinski definition) is 3. The lowest BCUT2D eigenvalue weighted by Gasteiger charge is -2.37. The summed E-state index contributed by atoms with van der Waals surface area (Å²) in [7, 11) is 0. The molecular weight excluding hydrogens is 455 g/mol. The molecule has 6 nitrogen and oxygen atoms in total. The van der Waals surface area contributed by atoms with E-state index in [4.69, 9.17) is 4.99 Å². The Morgan fingerprint density at radius 2 is 1.89 bits per heavy atom. The molecule has 0 aromatic rings. The number of amides is 1. The number of aliphatic hydroxyl groups is 1. The molecule has 2 aliphatic carbocycles. The van der Waals surface area contributed by atoms with Gasteiger partial charge in [0, 0.05) is 37.0 Å². The smallest absolute Gasteiger partial charge is 0.225 e. The van der Waals surface area contributed by atoms with Gasteiger partial charge in [-0.25, -0.2) is 0 Å². The number of guanidine groups is 1. The Bertz CT molecular complexity index is 518. The fourth-order valence-electron chi connectivity index (χ4n) is 4.17. The van der Waals surface area contributed by atoms with E-state index in [0.29, 0.717) is 24.4 Å². The van der Waals surface area contributed by atoms with Gasteiger partial charge in [-0.1, -0.05) is 19.8 Å². The van der Waals surface area contributed by atoms with E-state index in [1.165, 1.54) is 6.42 Å². The van der Waals surface area contributed by atoms with Gasteiger partial charge in [0.05, 0.1) is 12.6 Å². The van der Waals surface area contributed by atoms with Crippen molar-refractivity contribution in [3.63, 3.8) is 0 Å². The zero-order valence-electron chi connectivity index (χ0n) is 16.9. The molecule has 1 amide bonds. The third-order valence-electron chi connectivity index (χ3n) is 6.30. The van der Waals surface area contributed by atoms with Gasteiger partial charge in [-0.15, -0.1) is 24.0 Å². The molecule has 3 aliphatic rings. The number of likely N-dealkylation sites (tertiary alicyclic amines) is 1. The highest BCUT2D eigenvalue weighted by molar-refractivity contribution is 14.0. The van der Waals surface area contributed by atoms with Crippen LogP contribution in [-0.4, -0.2) is 60.2 Å². The summed E-state index contributed by atoms with van der Waals surface area (Å²) in [6, 6.07) is 0.361. The quantitative estimate of drug-likeness (QED) is 0.313. The molecule has 0 aromatic carbocycles. The summed E-state index contributed by atoms with van der Waals surface area (Å²) in [6.45, 7) is 7.41. The molecule has 1 aliphatic heterocycles. The first kappa shape index (κ1) is 22.7. The highest BCUT2D eigenvalue weighted by Crippen LogP contribution is 2.36. The summed E-state index contributed by atoms with van der Waals surface area (Å²) in [5.41, 5.74) is -0.110. The number of aliphatic imine (C=N–C) groups is 1. The van der Waals surface area contributed by atoms with Crippen LogP contribution in [0.3, 0.4) is 0 Å². The Kier molecular flexibility index (Phi) is 8.65. The van der Waals surface area contributed by atoms with Crippen LogP contribution in [0.5, 0.6) is 0 Å². The van der Waals surface area contributed by atoms with Crippen LogP contribution < -0.4 is 10.6 Å². The number of aliphatic hydroxyl groups excluding tert-OH is 1. The molecule has 2 atom stereocenters. The van der Waals surface area contributed by atoms with E-state index in [1.54, 1.807) is 0 Å². The predicted octanol–water partition coefficient (Wildman–Crippen LogP) is 2.50. The Balaban J connectivity index is 0.00000261. The normalized spacial score (nSPS) is 29.8. The molecule has 2 saturated carbocycles. The van der Waals surface area contributed by atoms with E-state index < -0.39 is 0 Å². The molecule has 2 unspecified atom stereocenters. The van der Waals surface area contributed by atoms with E-state index in [1.807, 2.05) is 4.90 Å². The van der Waals surface area contributed by atoms with Gasteiger partial charge in [0.1, 0.15) is 0 Å². The maximum absolute atomic E-state index is 12.2. The van der Waals surface area contributed by atoms with Crippen molar-refractivity contribution in [3.8, 4) is 0 Å². The minimum Gasteiger partial charge on any atom is -0.392 e. The SMILES string of the molecule is CCNC(=NCC1(C)CCCCC1O)NC1CCN(C(=O)C2CC2)CC1.I.